The molecule has 5 heteroatoms. The largest absolute Gasteiger partial charge is 0.465 e. The van der Waals surface area contributed by atoms with Crippen molar-refractivity contribution < 1.29 is 19.1 Å². The lowest BCUT2D eigenvalue weighted by Gasteiger charge is -2.19. The fourth-order valence-electron chi connectivity index (χ4n) is 3.67. The minimum atomic E-state index is -0.478. The zero-order chi connectivity index (χ0) is 21.3. The Kier molecular flexibility index (Phi) is 5.38. The Morgan fingerprint density at radius 1 is 0.867 bits per heavy atom. The van der Waals surface area contributed by atoms with E-state index in [1.165, 1.54) is 14.0 Å². The van der Waals surface area contributed by atoms with Crippen molar-refractivity contribution in [1.82, 2.24) is 0 Å². The van der Waals surface area contributed by atoms with Crippen molar-refractivity contribution in [3.63, 3.8) is 0 Å². The van der Waals surface area contributed by atoms with E-state index in [1.54, 1.807) is 11.3 Å². The fourth-order valence-corrected chi connectivity index (χ4v) is 4.75. The minimum Gasteiger partial charge on any atom is -0.465 e. The first-order valence-electron chi connectivity index (χ1n) is 9.49. The molecule has 0 fully saturated rings. The van der Waals surface area contributed by atoms with E-state index in [1.807, 2.05) is 73.7 Å². The van der Waals surface area contributed by atoms with Gasteiger partial charge in [0.1, 0.15) is 5.75 Å². The van der Waals surface area contributed by atoms with Crippen molar-refractivity contribution in [3.05, 3.63) is 77.2 Å². The topological polar surface area (TPSA) is 52.6 Å². The molecule has 0 radical (unpaired) electrons. The van der Waals surface area contributed by atoms with Crippen LogP contribution in [0.4, 0.5) is 0 Å². The van der Waals surface area contributed by atoms with E-state index >= 15 is 0 Å². The smallest absolute Gasteiger partial charge is 0.339 e. The zero-order valence-corrected chi connectivity index (χ0v) is 17.7. The van der Waals surface area contributed by atoms with Gasteiger partial charge in [0.15, 0.2) is 0 Å². The summed E-state index contributed by atoms with van der Waals surface area (Å²) >= 11 is 1.56. The fraction of sp³-hybridized carbons (Fsp3) is 0.120. The molecule has 4 nitrogen and oxygen atoms in total. The predicted molar refractivity (Wildman–Crippen MR) is 120 cm³/mol. The maximum atomic E-state index is 13.1. The first-order chi connectivity index (χ1) is 14.5. The average molecular weight is 416 g/mol. The van der Waals surface area contributed by atoms with Gasteiger partial charge in [-0.25, -0.2) is 4.79 Å². The second-order valence-electron chi connectivity index (χ2n) is 6.87. The Bertz CT molecular complexity index is 1240. The molecule has 4 aromatic rings. The molecule has 1 aromatic heterocycles. The highest BCUT2D eigenvalue weighted by molar-refractivity contribution is 7.19. The van der Waals surface area contributed by atoms with Crippen LogP contribution >= 0.6 is 11.3 Å². The molecule has 0 aliphatic rings. The van der Waals surface area contributed by atoms with Crippen LogP contribution in [0.25, 0.3) is 32.3 Å². The summed E-state index contributed by atoms with van der Waals surface area (Å²) < 4.78 is 11.8. The monoisotopic (exact) mass is 416 g/mol. The number of aryl methyl sites for hydroxylation is 1. The Morgan fingerprint density at radius 3 is 1.97 bits per heavy atom. The lowest BCUT2D eigenvalue weighted by Crippen LogP contribution is -2.10. The molecule has 0 saturated carbocycles. The summed E-state index contributed by atoms with van der Waals surface area (Å²) in [6.07, 6.45) is 0. The molecule has 3 aromatic carbocycles. The van der Waals surface area contributed by atoms with Crippen LogP contribution in [0, 0.1) is 6.92 Å². The lowest BCUT2D eigenvalue weighted by atomic mass is 9.89. The molecule has 0 amide bonds. The number of rotatable bonds is 4. The molecule has 0 atom stereocenters. The van der Waals surface area contributed by atoms with Gasteiger partial charge < -0.3 is 9.47 Å². The van der Waals surface area contributed by atoms with Crippen LogP contribution in [0.15, 0.2) is 66.7 Å². The second kappa shape index (κ2) is 8.13. The standard InChI is InChI=1S/C25H20O4S/c1-15-14-19-23(29-16(2)26)20(17-10-6-4-7-11-17)22(25(27)28-3)21(24(19)30-15)18-12-8-5-9-13-18/h4-14H,1-3H3. The van der Waals surface area contributed by atoms with Crippen LogP contribution in [0.5, 0.6) is 5.75 Å². The third-order valence-corrected chi connectivity index (χ3v) is 5.88. The zero-order valence-electron chi connectivity index (χ0n) is 16.9. The Morgan fingerprint density at radius 2 is 1.43 bits per heavy atom. The number of methoxy groups -OCH3 is 1. The van der Waals surface area contributed by atoms with E-state index in [0.717, 1.165) is 31.7 Å². The van der Waals surface area contributed by atoms with Crippen molar-refractivity contribution >= 4 is 33.4 Å². The van der Waals surface area contributed by atoms with Gasteiger partial charge in [-0.05, 0) is 24.1 Å². The summed E-state index contributed by atoms with van der Waals surface area (Å²) in [5.41, 5.74) is 3.40. The van der Waals surface area contributed by atoms with Gasteiger partial charge in [-0.1, -0.05) is 60.7 Å². The molecule has 0 spiro atoms. The molecule has 0 bridgehead atoms. The highest BCUT2D eigenvalue weighted by Gasteiger charge is 2.29. The molecule has 30 heavy (non-hydrogen) atoms. The summed E-state index contributed by atoms with van der Waals surface area (Å²) in [6, 6.07) is 21.2. The number of hydrogen-bond acceptors (Lipinski definition) is 5. The van der Waals surface area contributed by atoms with Crippen molar-refractivity contribution in [1.29, 1.82) is 0 Å². The van der Waals surface area contributed by atoms with E-state index in [-0.39, 0.29) is 0 Å². The normalized spacial score (nSPS) is 10.8. The summed E-state index contributed by atoms with van der Waals surface area (Å²) in [5.74, 6) is -0.539. The van der Waals surface area contributed by atoms with Gasteiger partial charge in [0.25, 0.3) is 0 Å². The molecule has 0 saturated heterocycles. The van der Waals surface area contributed by atoms with E-state index < -0.39 is 11.9 Å². The number of hydrogen-bond donors (Lipinski definition) is 0. The summed E-state index contributed by atoms with van der Waals surface area (Å²) in [5, 5.41) is 0.804. The molecule has 0 unspecified atom stereocenters. The highest BCUT2D eigenvalue weighted by Crippen LogP contribution is 2.49. The van der Waals surface area contributed by atoms with E-state index in [2.05, 4.69) is 0 Å². The van der Waals surface area contributed by atoms with E-state index in [4.69, 9.17) is 9.47 Å². The Hall–Kier alpha value is -3.44. The van der Waals surface area contributed by atoms with Crippen LogP contribution in [-0.2, 0) is 9.53 Å². The van der Waals surface area contributed by atoms with Gasteiger partial charge in [-0.3, -0.25) is 4.79 Å². The number of carbonyl (C=O) groups excluding carboxylic acids is 2. The third-order valence-electron chi connectivity index (χ3n) is 4.81. The van der Waals surface area contributed by atoms with Crippen molar-refractivity contribution in [2.24, 2.45) is 0 Å². The molecule has 0 N–H and O–H groups in total. The first-order valence-corrected chi connectivity index (χ1v) is 10.3. The number of fused-ring (bicyclic) bond motifs is 1. The maximum absolute atomic E-state index is 13.1. The quantitative estimate of drug-likeness (QED) is 0.291. The van der Waals surface area contributed by atoms with Crippen LogP contribution in [0.3, 0.4) is 0 Å². The molecule has 0 aliphatic carbocycles. The van der Waals surface area contributed by atoms with Gasteiger partial charge in [-0.2, -0.15) is 0 Å². The van der Waals surface area contributed by atoms with Crippen LogP contribution in [-0.4, -0.2) is 19.0 Å². The number of carbonyl (C=O) groups is 2. The summed E-state index contributed by atoms with van der Waals surface area (Å²) in [6.45, 7) is 3.36. The van der Waals surface area contributed by atoms with E-state index in [0.29, 0.717) is 16.9 Å². The molecule has 1 heterocycles. The SMILES string of the molecule is COC(=O)c1c(-c2ccccc2)c(OC(C)=O)c2cc(C)sc2c1-c1ccccc1. The lowest BCUT2D eigenvalue weighted by molar-refractivity contribution is -0.131. The van der Waals surface area contributed by atoms with Crippen LogP contribution in [0.2, 0.25) is 0 Å². The molecule has 4 rings (SSSR count). The van der Waals surface area contributed by atoms with Gasteiger partial charge in [0.2, 0.25) is 0 Å². The predicted octanol–water partition coefficient (Wildman–Crippen LogP) is 6.26. The maximum Gasteiger partial charge on any atom is 0.339 e. The van der Waals surface area contributed by atoms with E-state index in [9.17, 15) is 9.59 Å². The van der Waals surface area contributed by atoms with Crippen LogP contribution in [0.1, 0.15) is 22.2 Å². The van der Waals surface area contributed by atoms with Gasteiger partial charge in [0, 0.05) is 33.0 Å². The molecule has 150 valence electrons. The molecular formula is C25H20O4S. The van der Waals surface area contributed by atoms with Gasteiger partial charge >= 0.3 is 11.9 Å². The van der Waals surface area contributed by atoms with Crippen molar-refractivity contribution in [2.75, 3.05) is 7.11 Å². The van der Waals surface area contributed by atoms with Crippen LogP contribution < -0.4 is 4.74 Å². The van der Waals surface area contributed by atoms with Crippen molar-refractivity contribution in [2.45, 2.75) is 13.8 Å². The Balaban J connectivity index is 2.25. The summed E-state index contributed by atoms with van der Waals surface area (Å²) in [4.78, 5) is 26.2. The minimum absolute atomic E-state index is 0.383. The third kappa shape index (κ3) is 3.48. The molecular weight excluding hydrogens is 396 g/mol. The van der Waals surface area contributed by atoms with Gasteiger partial charge in [0.05, 0.1) is 12.7 Å². The number of thiophene rings is 1. The number of ether oxygens (including phenoxy) is 2. The highest BCUT2D eigenvalue weighted by atomic mass is 32.1. The Labute approximate surface area is 178 Å². The number of esters is 2. The number of benzene rings is 3. The van der Waals surface area contributed by atoms with Gasteiger partial charge in [-0.15, -0.1) is 11.3 Å². The van der Waals surface area contributed by atoms with Crippen molar-refractivity contribution in [3.8, 4) is 28.0 Å². The first kappa shape index (κ1) is 19.9. The second-order valence-corrected chi connectivity index (χ2v) is 8.13. The molecule has 0 aliphatic heterocycles. The summed E-state index contributed by atoms with van der Waals surface area (Å²) in [7, 11) is 1.36. The average Bonchev–Trinajstić information content (AvgIpc) is 3.15.